The molecule has 0 saturated carbocycles. The number of hydrogen-bond acceptors (Lipinski definition) is 3. The Kier molecular flexibility index (Phi) is 3.23. The first-order chi connectivity index (χ1) is 7.89. The van der Waals surface area contributed by atoms with Gasteiger partial charge in [-0.25, -0.2) is 0 Å². The van der Waals surface area contributed by atoms with E-state index in [4.69, 9.17) is 26.8 Å². The maximum Gasteiger partial charge on any atom is 0.162 e. The summed E-state index contributed by atoms with van der Waals surface area (Å²) in [5, 5.41) is 0.627. The van der Waals surface area contributed by atoms with Gasteiger partial charge < -0.3 is 15.2 Å². The van der Waals surface area contributed by atoms with Gasteiger partial charge in [-0.3, -0.25) is 0 Å². The first-order valence-electron chi connectivity index (χ1n) is 5.74. The molecule has 4 heteroatoms. The van der Waals surface area contributed by atoms with Crippen LogP contribution in [0.15, 0.2) is 12.1 Å². The first kappa shape index (κ1) is 12.5. The van der Waals surface area contributed by atoms with Gasteiger partial charge in [0.05, 0.1) is 13.2 Å². The van der Waals surface area contributed by atoms with Crippen LogP contribution in [0.2, 0.25) is 5.02 Å². The molecule has 1 aromatic rings. The Morgan fingerprint density at radius 3 is 2.29 bits per heavy atom. The second-order valence-electron chi connectivity index (χ2n) is 5.35. The summed E-state index contributed by atoms with van der Waals surface area (Å²) in [5.41, 5.74) is 6.74. The van der Waals surface area contributed by atoms with E-state index >= 15 is 0 Å². The summed E-state index contributed by atoms with van der Waals surface area (Å²) in [5.74, 6) is 1.43. The third-order valence-electron chi connectivity index (χ3n) is 2.79. The molecule has 1 aromatic carbocycles. The lowest BCUT2D eigenvalue weighted by Crippen LogP contribution is -2.26. The SMILES string of the molecule is CC(N)c1cc2c(cc1Cl)OCC(C)(C)CO2. The molecule has 0 aliphatic carbocycles. The van der Waals surface area contributed by atoms with E-state index in [0.29, 0.717) is 24.0 Å². The minimum atomic E-state index is -0.118. The summed E-state index contributed by atoms with van der Waals surface area (Å²) in [7, 11) is 0. The van der Waals surface area contributed by atoms with Crippen LogP contribution in [0.25, 0.3) is 0 Å². The van der Waals surface area contributed by atoms with Gasteiger partial charge in [0.1, 0.15) is 0 Å². The van der Waals surface area contributed by atoms with Gasteiger partial charge in [-0.15, -0.1) is 0 Å². The molecular weight excluding hydrogens is 238 g/mol. The van der Waals surface area contributed by atoms with Crippen molar-refractivity contribution in [2.75, 3.05) is 13.2 Å². The highest BCUT2D eigenvalue weighted by Gasteiger charge is 2.26. The molecule has 2 rings (SSSR count). The highest BCUT2D eigenvalue weighted by molar-refractivity contribution is 6.31. The Hall–Kier alpha value is -0.930. The number of ether oxygens (including phenoxy) is 2. The van der Waals surface area contributed by atoms with Crippen molar-refractivity contribution in [3.63, 3.8) is 0 Å². The first-order valence-corrected chi connectivity index (χ1v) is 6.11. The number of rotatable bonds is 1. The van der Waals surface area contributed by atoms with E-state index in [1.54, 1.807) is 6.07 Å². The van der Waals surface area contributed by atoms with Gasteiger partial charge in [-0.1, -0.05) is 25.4 Å². The Balaban J connectivity index is 2.38. The van der Waals surface area contributed by atoms with Crippen molar-refractivity contribution in [2.24, 2.45) is 11.1 Å². The Morgan fingerprint density at radius 1 is 1.24 bits per heavy atom. The van der Waals surface area contributed by atoms with Crippen molar-refractivity contribution in [3.8, 4) is 11.5 Å². The summed E-state index contributed by atoms with van der Waals surface area (Å²) in [4.78, 5) is 0. The highest BCUT2D eigenvalue weighted by Crippen LogP contribution is 2.38. The lowest BCUT2D eigenvalue weighted by Gasteiger charge is -2.19. The van der Waals surface area contributed by atoms with E-state index in [-0.39, 0.29) is 11.5 Å². The maximum atomic E-state index is 6.16. The van der Waals surface area contributed by atoms with Crippen molar-refractivity contribution in [1.82, 2.24) is 0 Å². The fourth-order valence-electron chi connectivity index (χ4n) is 1.71. The number of nitrogens with two attached hydrogens (primary N) is 1. The fourth-order valence-corrected chi connectivity index (χ4v) is 2.04. The number of benzene rings is 1. The van der Waals surface area contributed by atoms with Crippen LogP contribution in [-0.4, -0.2) is 13.2 Å². The van der Waals surface area contributed by atoms with Crippen molar-refractivity contribution in [1.29, 1.82) is 0 Å². The maximum absolute atomic E-state index is 6.16. The van der Waals surface area contributed by atoms with Crippen LogP contribution < -0.4 is 15.2 Å². The van der Waals surface area contributed by atoms with E-state index in [9.17, 15) is 0 Å². The summed E-state index contributed by atoms with van der Waals surface area (Å²) in [6, 6.07) is 3.55. The monoisotopic (exact) mass is 255 g/mol. The van der Waals surface area contributed by atoms with Crippen LogP contribution >= 0.6 is 11.6 Å². The zero-order chi connectivity index (χ0) is 12.6. The quantitative estimate of drug-likeness (QED) is 0.838. The lowest BCUT2D eigenvalue weighted by molar-refractivity contribution is 0.140. The molecule has 1 aliphatic heterocycles. The number of halogens is 1. The average molecular weight is 256 g/mol. The predicted octanol–water partition coefficient (Wildman–Crippen LogP) is 3.16. The molecule has 1 heterocycles. The predicted molar refractivity (Wildman–Crippen MR) is 68.8 cm³/mol. The molecule has 0 aromatic heterocycles. The van der Waals surface area contributed by atoms with Gasteiger partial charge in [0.25, 0.3) is 0 Å². The van der Waals surface area contributed by atoms with E-state index in [1.165, 1.54) is 0 Å². The third kappa shape index (κ3) is 2.67. The third-order valence-corrected chi connectivity index (χ3v) is 3.12. The summed E-state index contributed by atoms with van der Waals surface area (Å²) >= 11 is 6.16. The molecule has 1 atom stereocenters. The average Bonchev–Trinajstić information content (AvgIpc) is 2.37. The lowest BCUT2D eigenvalue weighted by atomic mass is 9.97. The van der Waals surface area contributed by atoms with E-state index in [0.717, 1.165) is 11.3 Å². The van der Waals surface area contributed by atoms with Crippen LogP contribution in [0.1, 0.15) is 32.4 Å². The molecule has 3 nitrogen and oxygen atoms in total. The molecule has 17 heavy (non-hydrogen) atoms. The summed E-state index contributed by atoms with van der Waals surface area (Å²) in [6.45, 7) is 7.35. The van der Waals surface area contributed by atoms with Crippen LogP contribution in [-0.2, 0) is 0 Å². The molecule has 1 unspecified atom stereocenters. The molecule has 0 amide bonds. The Labute approximate surface area is 107 Å². The van der Waals surface area contributed by atoms with Crippen molar-refractivity contribution in [2.45, 2.75) is 26.8 Å². The minimum absolute atomic E-state index is 0.00000968. The van der Waals surface area contributed by atoms with E-state index in [2.05, 4.69) is 13.8 Å². The topological polar surface area (TPSA) is 44.5 Å². The van der Waals surface area contributed by atoms with Gasteiger partial charge >= 0.3 is 0 Å². The molecule has 1 aliphatic rings. The van der Waals surface area contributed by atoms with Crippen LogP contribution in [0.3, 0.4) is 0 Å². The van der Waals surface area contributed by atoms with Gasteiger partial charge in [0.15, 0.2) is 11.5 Å². The molecule has 0 spiro atoms. The van der Waals surface area contributed by atoms with Gasteiger partial charge in [0, 0.05) is 22.5 Å². The molecule has 0 bridgehead atoms. The molecule has 94 valence electrons. The second-order valence-corrected chi connectivity index (χ2v) is 5.76. The fraction of sp³-hybridized carbons (Fsp3) is 0.538. The summed E-state index contributed by atoms with van der Waals surface area (Å²) < 4.78 is 11.5. The molecule has 0 radical (unpaired) electrons. The number of fused-ring (bicyclic) bond motifs is 1. The van der Waals surface area contributed by atoms with Crippen LogP contribution in [0.4, 0.5) is 0 Å². The highest BCUT2D eigenvalue weighted by atomic mass is 35.5. The van der Waals surface area contributed by atoms with Gasteiger partial charge in [-0.05, 0) is 18.6 Å². The summed E-state index contributed by atoms with van der Waals surface area (Å²) in [6.07, 6.45) is 0. The van der Waals surface area contributed by atoms with E-state index < -0.39 is 0 Å². The van der Waals surface area contributed by atoms with Gasteiger partial charge in [0.2, 0.25) is 0 Å². The largest absolute Gasteiger partial charge is 0.489 e. The smallest absolute Gasteiger partial charge is 0.162 e. The Bertz CT molecular complexity index is 430. The normalized spacial score (nSPS) is 19.6. The zero-order valence-electron chi connectivity index (χ0n) is 10.4. The van der Waals surface area contributed by atoms with E-state index in [1.807, 2.05) is 13.0 Å². The van der Waals surface area contributed by atoms with Crippen LogP contribution in [0, 0.1) is 5.41 Å². The zero-order valence-corrected chi connectivity index (χ0v) is 11.2. The van der Waals surface area contributed by atoms with Crippen molar-refractivity contribution >= 4 is 11.6 Å². The van der Waals surface area contributed by atoms with Crippen molar-refractivity contribution in [3.05, 3.63) is 22.7 Å². The van der Waals surface area contributed by atoms with Crippen LogP contribution in [0.5, 0.6) is 11.5 Å². The van der Waals surface area contributed by atoms with Gasteiger partial charge in [-0.2, -0.15) is 0 Å². The molecule has 2 N–H and O–H groups in total. The van der Waals surface area contributed by atoms with Crippen molar-refractivity contribution < 1.29 is 9.47 Å². The Morgan fingerprint density at radius 2 is 1.76 bits per heavy atom. The second kappa shape index (κ2) is 4.39. The number of hydrogen-bond donors (Lipinski definition) is 1. The molecule has 0 saturated heterocycles. The molecular formula is C13H18ClNO2. The molecule has 0 fully saturated rings. The standard InChI is InChI=1S/C13H18ClNO2/c1-8(15)9-4-11-12(5-10(9)14)17-7-13(2,3)6-16-11/h4-5,8H,6-7,15H2,1-3H3. The minimum Gasteiger partial charge on any atom is -0.489 e.